The van der Waals surface area contributed by atoms with Gasteiger partial charge in [-0.25, -0.2) is 24.9 Å². The first kappa shape index (κ1) is 68.2. The van der Waals surface area contributed by atoms with Crippen LogP contribution in [0, 0.1) is 0 Å². The summed E-state index contributed by atoms with van der Waals surface area (Å²) in [5, 5.41) is 13.8. The molecule has 0 radical (unpaired) electrons. The third-order valence-corrected chi connectivity index (χ3v) is 24.1. The van der Waals surface area contributed by atoms with Gasteiger partial charge in [0.2, 0.25) is 0 Å². The van der Waals surface area contributed by atoms with Crippen LogP contribution in [0.15, 0.2) is 419 Å². The Bertz CT molecular complexity index is 8280. The Kier molecular flexibility index (Phi) is 15.8. The molecule has 0 fully saturated rings. The number of para-hydroxylation sites is 5. The quantitative estimate of drug-likeness (QED) is 0.115. The van der Waals surface area contributed by atoms with Crippen molar-refractivity contribution in [3.63, 3.8) is 0 Å². The van der Waals surface area contributed by atoms with E-state index in [1.807, 2.05) is 30.3 Å². The Morgan fingerprint density at radius 3 is 1.06 bits per heavy atom. The first-order valence-corrected chi connectivity index (χ1v) is 40.8. The van der Waals surface area contributed by atoms with Gasteiger partial charge in [0.05, 0.1) is 55.5 Å². The monoisotopic (exact) mass is 1530 g/mol. The van der Waals surface area contributed by atoms with E-state index in [1.165, 1.54) is 43.4 Å². The molecule has 24 aromatic rings. The van der Waals surface area contributed by atoms with Gasteiger partial charge in [0.15, 0.2) is 23.3 Å². The van der Waals surface area contributed by atoms with E-state index < -0.39 is 0 Å². The van der Waals surface area contributed by atoms with Crippen LogP contribution >= 0.6 is 0 Å². The molecule has 9 heteroatoms. The normalized spacial score (nSPS) is 11.8. The van der Waals surface area contributed by atoms with Crippen molar-refractivity contribution in [3.05, 3.63) is 419 Å². The van der Waals surface area contributed by atoms with E-state index in [9.17, 15) is 0 Å². The van der Waals surface area contributed by atoms with Crippen LogP contribution in [-0.2, 0) is 0 Å². The van der Waals surface area contributed by atoms with Gasteiger partial charge in [-0.1, -0.05) is 309 Å². The second-order valence-electron chi connectivity index (χ2n) is 31.0. The molecule has 0 aliphatic carbocycles. The lowest BCUT2D eigenvalue weighted by molar-refractivity contribution is 1.07. The van der Waals surface area contributed by atoms with Crippen molar-refractivity contribution in [2.75, 3.05) is 0 Å². The number of nitrogens with zero attached hydrogens (tertiary/aromatic N) is 9. The molecule has 9 nitrogen and oxygen atoms in total. The lowest BCUT2D eigenvalue weighted by atomic mass is 9.96. The van der Waals surface area contributed by atoms with Crippen molar-refractivity contribution in [3.8, 4) is 124 Å². The Morgan fingerprint density at radius 2 is 0.508 bits per heavy atom. The number of fused-ring (bicyclic) bond motifs is 16. The zero-order valence-corrected chi connectivity index (χ0v) is 64.9. The zero-order valence-electron chi connectivity index (χ0n) is 64.9. The number of hydrogen-bond donors (Lipinski definition) is 0. The van der Waals surface area contributed by atoms with Crippen molar-refractivity contribution in [1.29, 1.82) is 0 Å². The van der Waals surface area contributed by atoms with Gasteiger partial charge in [0, 0.05) is 99.2 Å². The summed E-state index contributed by atoms with van der Waals surface area (Å²) >= 11 is 0. The number of benzene rings is 18. The fourth-order valence-corrected chi connectivity index (χ4v) is 18.8. The maximum absolute atomic E-state index is 5.55. The predicted molar refractivity (Wildman–Crippen MR) is 497 cm³/mol. The van der Waals surface area contributed by atoms with Crippen LogP contribution < -0.4 is 0 Å². The highest BCUT2D eigenvalue weighted by molar-refractivity contribution is 6.28. The third kappa shape index (κ3) is 11.2. The standard InChI is InChI=1S/C111H69N9/c1-5-29-70(30-6-1)73-37-27-43-81(63-73)110-114-109(72-33-9-3-10-34-72)115-111(116-110)95-68-85(66-79-36-14-16-48-87(79)95)118-101-56-24-20-52-93(101)105-103(118)60-58-91-89-50-18-22-54-99(89)120(107(91)105)83-46-28-41-77(64-83)75-39-25-38-74(61-75)76-40-26-42-80(62-76)96-69-97(113-108(112-96)71-31-7-2-8-32-71)94-67-84(65-78-35-13-15-47-86(78)94)117-100-55-23-19-51-92(100)104-102(117)59-57-90-88-49-17-21-53-98(88)119(106(90)104)82-44-11-4-12-45-82/h1-69H. The number of rotatable bonds is 13. The highest BCUT2D eigenvalue weighted by Gasteiger charge is 2.27. The minimum absolute atomic E-state index is 0.592. The van der Waals surface area contributed by atoms with Crippen LogP contribution in [0.1, 0.15) is 0 Å². The van der Waals surface area contributed by atoms with Gasteiger partial charge in [0.25, 0.3) is 0 Å². The summed E-state index contributed by atoms with van der Waals surface area (Å²) in [5.41, 5.74) is 27.2. The topological polar surface area (TPSA) is 84.2 Å². The molecule has 0 aliphatic rings. The molecule has 24 rings (SSSR count). The molecule has 0 atom stereocenters. The van der Waals surface area contributed by atoms with Gasteiger partial charge in [-0.05, 0) is 164 Å². The Labute approximate surface area is 690 Å². The summed E-state index contributed by atoms with van der Waals surface area (Å²) in [6.07, 6.45) is 0. The summed E-state index contributed by atoms with van der Waals surface area (Å²) < 4.78 is 9.83. The molecule has 0 spiro atoms. The van der Waals surface area contributed by atoms with Crippen molar-refractivity contribution in [1.82, 2.24) is 43.2 Å². The van der Waals surface area contributed by atoms with Crippen LogP contribution in [-0.4, -0.2) is 43.2 Å². The van der Waals surface area contributed by atoms with Gasteiger partial charge in [-0.3, -0.25) is 0 Å². The van der Waals surface area contributed by atoms with Crippen LogP contribution in [0.25, 0.3) is 233 Å². The molecular formula is C111H69N9. The SMILES string of the molecule is c1ccc(-c2cccc(-c3nc(-c4ccccc4)nc(-c4cc(-n5c6ccccc6c6c5ccc5c7ccccc7n(-c7cccc(-c8cccc(-c9cccc(-c%10cc(-c%11cc(-n%12c%13ccccc%13c%13c%12ccc%12c%14ccccc%14n(-c%14ccccc%14)c%12%13)cc%12ccccc%11%12)nc(-c%11ccccc%11)n%10)c9)c8)c7)c56)cc5ccccc45)n3)c2)cc1. The summed E-state index contributed by atoms with van der Waals surface area (Å²) in [6, 6.07) is 151. The summed E-state index contributed by atoms with van der Waals surface area (Å²) in [5.74, 6) is 2.45. The van der Waals surface area contributed by atoms with Crippen molar-refractivity contribution in [2.24, 2.45) is 0 Å². The molecule has 18 aromatic carbocycles. The fourth-order valence-electron chi connectivity index (χ4n) is 18.8. The summed E-state index contributed by atoms with van der Waals surface area (Å²) in [6.45, 7) is 0. The molecule has 0 N–H and O–H groups in total. The molecule has 0 bridgehead atoms. The highest BCUT2D eigenvalue weighted by Crippen LogP contribution is 2.48. The summed E-state index contributed by atoms with van der Waals surface area (Å²) in [4.78, 5) is 27.0. The molecule has 558 valence electrons. The number of aromatic nitrogens is 9. The van der Waals surface area contributed by atoms with E-state index >= 15 is 0 Å². The zero-order chi connectivity index (χ0) is 78.9. The molecule has 6 aromatic heterocycles. The van der Waals surface area contributed by atoms with E-state index in [-0.39, 0.29) is 0 Å². The van der Waals surface area contributed by atoms with Crippen molar-refractivity contribution < 1.29 is 0 Å². The van der Waals surface area contributed by atoms with E-state index in [2.05, 4.69) is 407 Å². The van der Waals surface area contributed by atoms with Gasteiger partial charge < -0.3 is 18.3 Å². The number of hydrogen-bond acceptors (Lipinski definition) is 5. The molecule has 120 heavy (non-hydrogen) atoms. The Hall–Kier alpha value is -16.2. The third-order valence-electron chi connectivity index (χ3n) is 24.1. The first-order valence-electron chi connectivity index (χ1n) is 40.8. The highest BCUT2D eigenvalue weighted by atomic mass is 15.1. The van der Waals surface area contributed by atoms with E-state index in [1.54, 1.807) is 0 Å². The second kappa shape index (κ2) is 27.8. The smallest absolute Gasteiger partial charge is 0.164 e. The first-order chi connectivity index (χ1) is 59.5. The molecule has 0 aliphatic heterocycles. The van der Waals surface area contributed by atoms with Crippen LogP contribution in [0.2, 0.25) is 0 Å². The molecule has 0 saturated heterocycles. The predicted octanol–water partition coefficient (Wildman–Crippen LogP) is 28.4. The van der Waals surface area contributed by atoms with Gasteiger partial charge in [-0.15, -0.1) is 0 Å². The van der Waals surface area contributed by atoms with Gasteiger partial charge in [-0.2, -0.15) is 0 Å². The maximum Gasteiger partial charge on any atom is 0.164 e. The molecular weight excluding hydrogens is 1460 g/mol. The van der Waals surface area contributed by atoms with E-state index in [0.717, 1.165) is 166 Å². The minimum atomic E-state index is 0.592. The van der Waals surface area contributed by atoms with E-state index in [4.69, 9.17) is 24.9 Å². The summed E-state index contributed by atoms with van der Waals surface area (Å²) in [7, 11) is 0. The largest absolute Gasteiger partial charge is 0.309 e. The van der Waals surface area contributed by atoms with Crippen molar-refractivity contribution >= 4 is 109 Å². The molecule has 0 unspecified atom stereocenters. The average molecular weight is 1530 g/mol. The van der Waals surface area contributed by atoms with Crippen LogP contribution in [0.4, 0.5) is 0 Å². The fraction of sp³-hybridized carbons (Fsp3) is 0. The van der Waals surface area contributed by atoms with Crippen LogP contribution in [0.3, 0.4) is 0 Å². The molecule has 0 amide bonds. The lowest BCUT2D eigenvalue weighted by Gasteiger charge is -2.15. The molecule has 6 heterocycles. The lowest BCUT2D eigenvalue weighted by Crippen LogP contribution is -2.02. The van der Waals surface area contributed by atoms with Crippen molar-refractivity contribution in [2.45, 2.75) is 0 Å². The average Bonchev–Trinajstić information content (AvgIpc) is 1.55. The second-order valence-corrected chi connectivity index (χ2v) is 31.0. The molecule has 0 saturated carbocycles. The maximum atomic E-state index is 5.55. The van der Waals surface area contributed by atoms with Gasteiger partial charge in [0.1, 0.15) is 0 Å². The minimum Gasteiger partial charge on any atom is -0.309 e. The van der Waals surface area contributed by atoms with Gasteiger partial charge >= 0.3 is 0 Å². The Morgan fingerprint density at radius 1 is 0.158 bits per heavy atom. The van der Waals surface area contributed by atoms with E-state index in [0.29, 0.717) is 23.3 Å². The Balaban J connectivity index is 0.618. The van der Waals surface area contributed by atoms with Crippen LogP contribution in [0.5, 0.6) is 0 Å².